The molecule has 0 fully saturated rings. The van der Waals surface area contributed by atoms with Crippen LogP contribution in [0.4, 0.5) is 5.13 Å². The summed E-state index contributed by atoms with van der Waals surface area (Å²) in [7, 11) is 0. The van der Waals surface area contributed by atoms with Gasteiger partial charge in [-0.1, -0.05) is 11.3 Å². The van der Waals surface area contributed by atoms with Crippen molar-refractivity contribution in [2.75, 3.05) is 11.2 Å². The maximum Gasteiger partial charge on any atom is 0.205 e. The molecule has 0 aromatic carbocycles. The maximum absolute atomic E-state index is 5.57. The minimum Gasteiger partial charge on any atom is -0.358 e. The van der Waals surface area contributed by atoms with Gasteiger partial charge < -0.3 is 5.32 Å². The van der Waals surface area contributed by atoms with Gasteiger partial charge in [0.1, 0.15) is 5.51 Å². The lowest BCUT2D eigenvalue weighted by Crippen LogP contribution is -2.14. The molecule has 0 saturated carbocycles. The molecule has 5 heteroatoms. The number of nitrogens with zero attached hydrogens (tertiary/aromatic N) is 2. The van der Waals surface area contributed by atoms with Crippen LogP contribution in [0.1, 0.15) is 19.8 Å². The summed E-state index contributed by atoms with van der Waals surface area (Å²) in [6, 6.07) is 0.428. The lowest BCUT2D eigenvalue weighted by atomic mass is 10.2. The Kier molecular flexibility index (Phi) is 4.32. The van der Waals surface area contributed by atoms with E-state index in [2.05, 4.69) is 22.4 Å². The zero-order valence-electron chi connectivity index (χ0n) is 6.96. The average molecular weight is 206 g/mol. The SMILES string of the molecule is CC(CCCCl)Nc1nncs1. The predicted molar refractivity (Wildman–Crippen MR) is 52.9 cm³/mol. The lowest BCUT2D eigenvalue weighted by Gasteiger charge is -2.10. The second kappa shape index (κ2) is 5.32. The molecule has 1 aromatic heterocycles. The normalized spacial score (nSPS) is 12.8. The first-order valence-electron chi connectivity index (χ1n) is 3.91. The van der Waals surface area contributed by atoms with Crippen LogP contribution in [0.15, 0.2) is 5.51 Å². The summed E-state index contributed by atoms with van der Waals surface area (Å²) < 4.78 is 0. The van der Waals surface area contributed by atoms with Crippen molar-refractivity contribution >= 4 is 28.1 Å². The van der Waals surface area contributed by atoms with E-state index in [1.165, 1.54) is 11.3 Å². The molecule has 0 bridgehead atoms. The highest BCUT2D eigenvalue weighted by Gasteiger charge is 2.02. The van der Waals surface area contributed by atoms with Crippen molar-refractivity contribution in [3.05, 3.63) is 5.51 Å². The van der Waals surface area contributed by atoms with Gasteiger partial charge in [-0.2, -0.15) is 0 Å². The molecule has 68 valence electrons. The van der Waals surface area contributed by atoms with Gasteiger partial charge in [0, 0.05) is 11.9 Å². The smallest absolute Gasteiger partial charge is 0.205 e. The molecular weight excluding hydrogens is 194 g/mol. The van der Waals surface area contributed by atoms with Crippen LogP contribution >= 0.6 is 22.9 Å². The fourth-order valence-corrected chi connectivity index (χ4v) is 1.61. The third-order valence-corrected chi connectivity index (χ3v) is 2.39. The minimum absolute atomic E-state index is 0.428. The van der Waals surface area contributed by atoms with E-state index in [4.69, 9.17) is 11.6 Å². The van der Waals surface area contributed by atoms with Gasteiger partial charge in [0.2, 0.25) is 5.13 Å². The number of aromatic nitrogens is 2. The second-order valence-corrected chi connectivity index (χ2v) is 3.83. The molecule has 0 amide bonds. The summed E-state index contributed by atoms with van der Waals surface area (Å²) in [5, 5.41) is 11.8. The van der Waals surface area contributed by atoms with Crippen LogP contribution in [-0.4, -0.2) is 22.1 Å². The quantitative estimate of drug-likeness (QED) is 0.750. The van der Waals surface area contributed by atoms with Crippen molar-refractivity contribution < 1.29 is 0 Å². The Labute approximate surface area is 81.2 Å². The van der Waals surface area contributed by atoms with Crippen LogP contribution in [-0.2, 0) is 0 Å². The first-order valence-corrected chi connectivity index (χ1v) is 5.33. The number of anilines is 1. The van der Waals surface area contributed by atoms with E-state index in [1.807, 2.05) is 0 Å². The summed E-state index contributed by atoms with van der Waals surface area (Å²) in [5.41, 5.74) is 1.72. The third kappa shape index (κ3) is 3.36. The fourth-order valence-electron chi connectivity index (χ4n) is 0.902. The zero-order valence-corrected chi connectivity index (χ0v) is 8.53. The Morgan fingerprint density at radius 3 is 3.17 bits per heavy atom. The molecule has 0 spiro atoms. The molecule has 0 aliphatic heterocycles. The van der Waals surface area contributed by atoms with Crippen LogP contribution < -0.4 is 5.32 Å². The van der Waals surface area contributed by atoms with Crippen LogP contribution in [0.5, 0.6) is 0 Å². The molecule has 1 rings (SSSR count). The molecule has 0 aliphatic rings. The van der Waals surface area contributed by atoms with Gasteiger partial charge in [-0.05, 0) is 19.8 Å². The number of alkyl halides is 1. The van der Waals surface area contributed by atoms with Crippen molar-refractivity contribution in [3.63, 3.8) is 0 Å². The largest absolute Gasteiger partial charge is 0.358 e. The van der Waals surface area contributed by atoms with Crippen molar-refractivity contribution in [2.45, 2.75) is 25.8 Å². The highest BCUT2D eigenvalue weighted by Crippen LogP contribution is 2.11. The highest BCUT2D eigenvalue weighted by molar-refractivity contribution is 7.13. The molecule has 3 nitrogen and oxygen atoms in total. The topological polar surface area (TPSA) is 37.8 Å². The molecule has 1 atom stereocenters. The number of hydrogen-bond acceptors (Lipinski definition) is 4. The maximum atomic E-state index is 5.57. The van der Waals surface area contributed by atoms with Crippen molar-refractivity contribution in [1.82, 2.24) is 10.2 Å². The predicted octanol–water partition coefficient (Wildman–Crippen LogP) is 2.36. The van der Waals surface area contributed by atoms with Crippen LogP contribution in [0.25, 0.3) is 0 Å². The molecule has 0 radical (unpaired) electrons. The molecule has 0 aliphatic carbocycles. The van der Waals surface area contributed by atoms with Crippen molar-refractivity contribution in [1.29, 1.82) is 0 Å². The van der Waals surface area contributed by atoms with Crippen molar-refractivity contribution in [2.24, 2.45) is 0 Å². The van der Waals surface area contributed by atoms with E-state index in [-0.39, 0.29) is 0 Å². The van der Waals surface area contributed by atoms with Gasteiger partial charge in [0.05, 0.1) is 0 Å². The van der Waals surface area contributed by atoms with E-state index in [1.54, 1.807) is 5.51 Å². The molecule has 1 N–H and O–H groups in total. The second-order valence-electron chi connectivity index (χ2n) is 2.62. The first-order chi connectivity index (χ1) is 5.83. The summed E-state index contributed by atoms with van der Waals surface area (Å²) in [6.07, 6.45) is 2.11. The third-order valence-electron chi connectivity index (χ3n) is 1.50. The van der Waals surface area contributed by atoms with Gasteiger partial charge in [0.15, 0.2) is 0 Å². The van der Waals surface area contributed by atoms with Crippen LogP contribution in [0.2, 0.25) is 0 Å². The van der Waals surface area contributed by atoms with Gasteiger partial charge >= 0.3 is 0 Å². The van der Waals surface area contributed by atoms with Gasteiger partial charge in [0.25, 0.3) is 0 Å². The van der Waals surface area contributed by atoms with E-state index in [0.717, 1.165) is 23.9 Å². The summed E-state index contributed by atoms with van der Waals surface area (Å²) in [5.74, 6) is 0.724. The Bertz CT molecular complexity index is 202. The van der Waals surface area contributed by atoms with E-state index in [0.29, 0.717) is 6.04 Å². The summed E-state index contributed by atoms with van der Waals surface area (Å²) in [4.78, 5) is 0. The zero-order chi connectivity index (χ0) is 8.81. The number of nitrogens with one attached hydrogen (secondary N) is 1. The first kappa shape index (κ1) is 9.74. The van der Waals surface area contributed by atoms with E-state index >= 15 is 0 Å². The summed E-state index contributed by atoms with van der Waals surface area (Å²) >= 11 is 7.09. The minimum atomic E-state index is 0.428. The Morgan fingerprint density at radius 2 is 2.58 bits per heavy atom. The Hall–Kier alpha value is -0.350. The monoisotopic (exact) mass is 205 g/mol. The Balaban J connectivity index is 2.22. The number of halogens is 1. The average Bonchev–Trinajstić information content (AvgIpc) is 2.53. The molecular formula is C7H12ClN3S. The molecule has 1 aromatic rings. The summed E-state index contributed by atoms with van der Waals surface area (Å²) in [6.45, 7) is 2.12. The van der Waals surface area contributed by atoms with Gasteiger partial charge in [-0.25, -0.2) is 0 Å². The van der Waals surface area contributed by atoms with Gasteiger partial charge in [-0.15, -0.1) is 21.8 Å². The van der Waals surface area contributed by atoms with Crippen LogP contribution in [0, 0.1) is 0 Å². The molecule has 12 heavy (non-hydrogen) atoms. The molecule has 1 unspecified atom stereocenters. The van der Waals surface area contributed by atoms with Gasteiger partial charge in [-0.3, -0.25) is 0 Å². The Morgan fingerprint density at radius 1 is 1.75 bits per heavy atom. The van der Waals surface area contributed by atoms with Crippen molar-refractivity contribution in [3.8, 4) is 0 Å². The fraction of sp³-hybridized carbons (Fsp3) is 0.714. The highest BCUT2D eigenvalue weighted by atomic mass is 35.5. The molecule has 0 saturated heterocycles. The number of hydrogen-bond donors (Lipinski definition) is 1. The van der Waals surface area contributed by atoms with E-state index in [9.17, 15) is 0 Å². The van der Waals surface area contributed by atoms with Crippen LogP contribution in [0.3, 0.4) is 0 Å². The lowest BCUT2D eigenvalue weighted by molar-refractivity contribution is 0.691. The standard InChI is InChI=1S/C7H12ClN3S/c1-6(3-2-4-8)10-7-11-9-5-12-7/h5-6H,2-4H2,1H3,(H,10,11). The number of rotatable bonds is 5. The van der Waals surface area contributed by atoms with E-state index < -0.39 is 0 Å². The molecule has 1 heterocycles.